The van der Waals surface area contributed by atoms with E-state index in [2.05, 4.69) is 17.4 Å². The third kappa shape index (κ3) is 4.80. The molecule has 0 atom stereocenters. The van der Waals surface area contributed by atoms with Gasteiger partial charge in [-0.05, 0) is 28.2 Å². The molecule has 176 valence electrons. The van der Waals surface area contributed by atoms with Crippen molar-refractivity contribution in [3.8, 4) is 11.1 Å². The highest BCUT2D eigenvalue weighted by molar-refractivity contribution is 6.01. The minimum absolute atomic E-state index is 0.0526. The van der Waals surface area contributed by atoms with E-state index in [4.69, 9.17) is 14.3 Å². The van der Waals surface area contributed by atoms with Crippen LogP contribution in [0.4, 0.5) is 10.5 Å². The molecular weight excluding hydrogens is 436 g/mol. The van der Waals surface area contributed by atoms with Gasteiger partial charge in [0.25, 0.3) is 5.91 Å². The average molecular weight is 463 g/mol. The first-order valence-electron chi connectivity index (χ1n) is 11.1. The maximum atomic E-state index is 12.9. The standard InChI is InChI=1S/C26H26N2O6/c1-16(2)13-28(14-23(29)30)25(31)24-22(11-12-33-24)27-26(32)34-15-21-19-9-5-3-7-17(19)18-8-4-6-10-20(18)21/h3-12,16,21H,13-15H2,1-2H3,(H,27,32)(H,29,30). The van der Waals surface area contributed by atoms with Gasteiger partial charge in [-0.1, -0.05) is 62.4 Å². The molecular formula is C26H26N2O6. The summed E-state index contributed by atoms with van der Waals surface area (Å²) in [6, 6.07) is 17.5. The Morgan fingerprint density at radius 2 is 1.65 bits per heavy atom. The number of hydrogen-bond donors (Lipinski definition) is 2. The summed E-state index contributed by atoms with van der Waals surface area (Å²) >= 11 is 0. The van der Waals surface area contributed by atoms with Crippen LogP contribution >= 0.6 is 0 Å². The molecule has 2 N–H and O–H groups in total. The van der Waals surface area contributed by atoms with Gasteiger partial charge in [0, 0.05) is 18.5 Å². The molecule has 4 rings (SSSR count). The minimum atomic E-state index is -1.13. The van der Waals surface area contributed by atoms with Crippen molar-refractivity contribution in [2.75, 3.05) is 25.0 Å². The number of carbonyl (C=O) groups is 3. The van der Waals surface area contributed by atoms with Gasteiger partial charge in [-0.15, -0.1) is 0 Å². The highest BCUT2D eigenvalue weighted by Gasteiger charge is 2.30. The van der Waals surface area contributed by atoms with Crippen LogP contribution in [0, 0.1) is 5.92 Å². The van der Waals surface area contributed by atoms with Gasteiger partial charge in [0.15, 0.2) is 0 Å². The van der Waals surface area contributed by atoms with Gasteiger partial charge >= 0.3 is 12.1 Å². The van der Waals surface area contributed by atoms with E-state index in [9.17, 15) is 14.4 Å². The summed E-state index contributed by atoms with van der Waals surface area (Å²) in [5.74, 6) is -1.94. The first-order chi connectivity index (χ1) is 16.3. The first-order valence-corrected chi connectivity index (χ1v) is 11.1. The average Bonchev–Trinajstić information content (AvgIpc) is 3.38. The Balaban J connectivity index is 1.45. The maximum Gasteiger partial charge on any atom is 0.411 e. The van der Waals surface area contributed by atoms with Crippen LogP contribution in [0.3, 0.4) is 0 Å². The summed E-state index contributed by atoms with van der Waals surface area (Å²) in [6.07, 6.45) is 0.534. The molecule has 3 aromatic rings. The zero-order valence-electron chi connectivity index (χ0n) is 19.0. The van der Waals surface area contributed by atoms with Crippen molar-refractivity contribution >= 4 is 23.7 Å². The van der Waals surface area contributed by atoms with Gasteiger partial charge in [-0.25, -0.2) is 4.79 Å². The topological polar surface area (TPSA) is 109 Å². The fraction of sp³-hybridized carbons (Fsp3) is 0.269. The van der Waals surface area contributed by atoms with Crippen LogP contribution in [0.2, 0.25) is 0 Å². The monoisotopic (exact) mass is 462 g/mol. The van der Waals surface area contributed by atoms with E-state index in [1.807, 2.05) is 50.2 Å². The normalized spacial score (nSPS) is 12.2. The molecule has 0 unspecified atom stereocenters. The van der Waals surface area contributed by atoms with Crippen molar-refractivity contribution in [3.05, 3.63) is 77.7 Å². The molecule has 1 heterocycles. The summed E-state index contributed by atoms with van der Waals surface area (Å²) in [7, 11) is 0. The molecule has 0 saturated carbocycles. The molecule has 0 saturated heterocycles. The summed E-state index contributed by atoms with van der Waals surface area (Å²) in [5, 5.41) is 11.7. The Bertz CT molecular complexity index is 1170. The van der Waals surface area contributed by atoms with Gasteiger partial charge in [0.1, 0.15) is 13.2 Å². The molecule has 8 heteroatoms. The van der Waals surface area contributed by atoms with Crippen LogP contribution in [-0.4, -0.2) is 47.7 Å². The molecule has 1 aliphatic rings. The molecule has 34 heavy (non-hydrogen) atoms. The van der Waals surface area contributed by atoms with Crippen molar-refractivity contribution in [3.63, 3.8) is 0 Å². The largest absolute Gasteiger partial charge is 0.480 e. The van der Waals surface area contributed by atoms with Crippen LogP contribution in [-0.2, 0) is 9.53 Å². The highest BCUT2D eigenvalue weighted by Crippen LogP contribution is 2.44. The predicted molar refractivity (Wildman–Crippen MR) is 126 cm³/mol. The molecule has 0 spiro atoms. The maximum absolute atomic E-state index is 12.9. The Hall–Kier alpha value is -4.07. The number of hydrogen-bond acceptors (Lipinski definition) is 5. The summed E-state index contributed by atoms with van der Waals surface area (Å²) in [4.78, 5) is 37.9. The zero-order valence-corrected chi connectivity index (χ0v) is 19.0. The number of furan rings is 1. The van der Waals surface area contributed by atoms with Crippen molar-refractivity contribution in [1.82, 2.24) is 4.90 Å². The zero-order chi connectivity index (χ0) is 24.2. The Morgan fingerprint density at radius 1 is 1.03 bits per heavy atom. The van der Waals surface area contributed by atoms with Gasteiger partial charge < -0.3 is 19.2 Å². The molecule has 0 bridgehead atoms. The van der Waals surface area contributed by atoms with Crippen molar-refractivity contribution in [1.29, 1.82) is 0 Å². The van der Waals surface area contributed by atoms with Crippen molar-refractivity contribution in [2.24, 2.45) is 5.92 Å². The summed E-state index contributed by atoms with van der Waals surface area (Å²) < 4.78 is 10.8. The molecule has 0 aliphatic heterocycles. The molecule has 0 fully saturated rings. The summed E-state index contributed by atoms with van der Waals surface area (Å²) in [5.41, 5.74) is 4.56. The molecule has 0 radical (unpaired) electrons. The van der Waals surface area contributed by atoms with Crippen LogP contribution in [0.25, 0.3) is 11.1 Å². The van der Waals surface area contributed by atoms with Crippen LogP contribution < -0.4 is 5.32 Å². The lowest BCUT2D eigenvalue weighted by Gasteiger charge is -2.22. The van der Waals surface area contributed by atoms with Crippen LogP contribution in [0.1, 0.15) is 41.4 Å². The number of carboxylic acid groups (broad SMARTS) is 1. The van der Waals surface area contributed by atoms with Gasteiger partial charge in [-0.2, -0.15) is 0 Å². The number of nitrogens with one attached hydrogen (secondary N) is 1. The molecule has 2 aromatic carbocycles. The molecule has 8 nitrogen and oxygen atoms in total. The Kier molecular flexibility index (Phi) is 6.67. The van der Waals surface area contributed by atoms with E-state index in [-0.39, 0.29) is 36.4 Å². The van der Waals surface area contributed by atoms with E-state index in [0.717, 1.165) is 22.3 Å². The quantitative estimate of drug-likeness (QED) is 0.497. The van der Waals surface area contributed by atoms with Crippen molar-refractivity contribution in [2.45, 2.75) is 19.8 Å². The Morgan fingerprint density at radius 3 is 2.24 bits per heavy atom. The van der Waals surface area contributed by atoms with E-state index in [1.165, 1.54) is 17.2 Å². The van der Waals surface area contributed by atoms with E-state index in [0.29, 0.717) is 0 Å². The SMILES string of the molecule is CC(C)CN(CC(=O)O)C(=O)c1occc1NC(=O)OCC1c2ccccc2-c2ccccc21. The van der Waals surface area contributed by atoms with Crippen LogP contribution in [0.15, 0.2) is 65.3 Å². The third-order valence-electron chi connectivity index (χ3n) is 5.64. The second kappa shape index (κ2) is 9.82. The van der Waals surface area contributed by atoms with Gasteiger partial charge in [0.2, 0.25) is 5.76 Å². The highest BCUT2D eigenvalue weighted by atomic mass is 16.5. The molecule has 1 aliphatic carbocycles. The number of benzene rings is 2. The molecule has 2 amide bonds. The predicted octanol–water partition coefficient (Wildman–Crippen LogP) is 4.82. The first kappa shape index (κ1) is 23.1. The van der Waals surface area contributed by atoms with E-state index in [1.54, 1.807) is 0 Å². The lowest BCUT2D eigenvalue weighted by atomic mass is 9.98. The molecule has 1 aromatic heterocycles. The van der Waals surface area contributed by atoms with Gasteiger partial charge in [-0.3, -0.25) is 14.9 Å². The van der Waals surface area contributed by atoms with E-state index >= 15 is 0 Å². The number of carboxylic acids is 1. The third-order valence-corrected chi connectivity index (χ3v) is 5.64. The second-order valence-electron chi connectivity index (χ2n) is 8.59. The fourth-order valence-corrected chi connectivity index (χ4v) is 4.28. The van der Waals surface area contributed by atoms with Crippen LogP contribution in [0.5, 0.6) is 0 Å². The number of carbonyl (C=O) groups excluding carboxylic acids is 2. The van der Waals surface area contributed by atoms with Crippen molar-refractivity contribution < 1.29 is 28.6 Å². The number of amides is 2. The number of rotatable bonds is 8. The number of aliphatic carboxylic acids is 1. The smallest absolute Gasteiger partial charge is 0.411 e. The number of nitrogens with zero attached hydrogens (tertiary/aromatic N) is 1. The minimum Gasteiger partial charge on any atom is -0.480 e. The van der Waals surface area contributed by atoms with E-state index < -0.39 is 24.5 Å². The van der Waals surface area contributed by atoms with Gasteiger partial charge in [0.05, 0.1) is 12.0 Å². The lowest BCUT2D eigenvalue weighted by Crippen LogP contribution is -2.38. The summed E-state index contributed by atoms with van der Waals surface area (Å²) in [6.45, 7) is 3.64. The number of ether oxygens (including phenoxy) is 1. The number of fused-ring (bicyclic) bond motifs is 3. The Labute approximate surface area is 197 Å². The lowest BCUT2D eigenvalue weighted by molar-refractivity contribution is -0.137. The number of anilines is 1. The second-order valence-corrected chi connectivity index (χ2v) is 8.59. The fourth-order valence-electron chi connectivity index (χ4n) is 4.28.